The molecular weight excluding hydrogens is 393 g/mol. The Hall–Kier alpha value is -1.59. The van der Waals surface area contributed by atoms with Gasteiger partial charge in [0, 0.05) is 38.4 Å². The number of benzene rings is 2. The number of anilines is 1. The third-order valence-corrected chi connectivity index (χ3v) is 5.82. The van der Waals surface area contributed by atoms with Gasteiger partial charge in [0.25, 0.3) is 0 Å². The molecule has 0 aliphatic carbocycles. The van der Waals surface area contributed by atoms with E-state index in [1.807, 2.05) is 30.3 Å². The Balaban J connectivity index is 1.43. The summed E-state index contributed by atoms with van der Waals surface area (Å²) in [7, 11) is 0. The second kappa shape index (κ2) is 9.75. The maximum Gasteiger partial charge on any atom is 0.238 e. The van der Waals surface area contributed by atoms with Crippen molar-refractivity contribution in [1.29, 1.82) is 0 Å². The molecule has 1 saturated heterocycles. The Labute approximate surface area is 177 Å². The summed E-state index contributed by atoms with van der Waals surface area (Å²) in [5.74, 6) is 0.528. The van der Waals surface area contributed by atoms with Gasteiger partial charge in [-0.1, -0.05) is 55.2 Å². The van der Waals surface area contributed by atoms with E-state index in [-0.39, 0.29) is 5.91 Å². The Morgan fingerprint density at radius 1 is 0.964 bits per heavy atom. The van der Waals surface area contributed by atoms with Crippen LogP contribution in [0.5, 0.6) is 0 Å². The highest BCUT2D eigenvalue weighted by molar-refractivity contribution is 6.42. The highest BCUT2D eigenvalue weighted by Crippen LogP contribution is 2.23. The van der Waals surface area contributed by atoms with Crippen LogP contribution in [0.1, 0.15) is 30.9 Å². The molecule has 6 heteroatoms. The number of hydrogen-bond donors (Lipinski definition) is 1. The molecular formula is C22H27Cl2N3O. The van der Waals surface area contributed by atoms with Gasteiger partial charge in [-0.3, -0.25) is 14.6 Å². The van der Waals surface area contributed by atoms with Gasteiger partial charge >= 0.3 is 0 Å². The Bertz CT molecular complexity index is 800. The number of halogens is 2. The van der Waals surface area contributed by atoms with Crippen LogP contribution in [0.15, 0.2) is 42.5 Å². The zero-order chi connectivity index (χ0) is 20.1. The van der Waals surface area contributed by atoms with Crippen LogP contribution < -0.4 is 5.32 Å². The summed E-state index contributed by atoms with van der Waals surface area (Å²) in [5.41, 5.74) is 3.29. The SMILES string of the molecule is CC(C)c1ccc(NC(=O)CN2CCN(Cc3ccc(Cl)c(Cl)c3)CC2)cc1. The van der Waals surface area contributed by atoms with Crippen molar-refractivity contribution >= 4 is 34.8 Å². The van der Waals surface area contributed by atoms with E-state index in [0.29, 0.717) is 22.5 Å². The average molecular weight is 420 g/mol. The molecule has 4 nitrogen and oxygen atoms in total. The van der Waals surface area contributed by atoms with Gasteiger partial charge in [0.1, 0.15) is 0 Å². The van der Waals surface area contributed by atoms with Gasteiger partial charge in [0.15, 0.2) is 0 Å². The fourth-order valence-corrected chi connectivity index (χ4v) is 3.68. The maximum absolute atomic E-state index is 12.3. The second-order valence-corrected chi connectivity index (χ2v) is 8.44. The summed E-state index contributed by atoms with van der Waals surface area (Å²) < 4.78 is 0. The Morgan fingerprint density at radius 3 is 2.21 bits per heavy atom. The molecule has 0 atom stereocenters. The molecule has 0 unspecified atom stereocenters. The summed E-state index contributed by atoms with van der Waals surface area (Å²) >= 11 is 12.1. The van der Waals surface area contributed by atoms with E-state index in [1.54, 1.807) is 0 Å². The topological polar surface area (TPSA) is 35.6 Å². The fourth-order valence-electron chi connectivity index (χ4n) is 3.36. The van der Waals surface area contributed by atoms with Crippen LogP contribution in [0.4, 0.5) is 5.69 Å². The van der Waals surface area contributed by atoms with Gasteiger partial charge in [-0.05, 0) is 41.3 Å². The fraction of sp³-hybridized carbons (Fsp3) is 0.409. The number of carbonyl (C=O) groups is 1. The zero-order valence-corrected chi connectivity index (χ0v) is 17.9. The molecule has 0 saturated carbocycles. The molecule has 1 aliphatic heterocycles. The molecule has 150 valence electrons. The van der Waals surface area contributed by atoms with Crippen molar-refractivity contribution in [3.05, 3.63) is 63.6 Å². The van der Waals surface area contributed by atoms with Gasteiger partial charge in [-0.2, -0.15) is 0 Å². The molecule has 1 N–H and O–H groups in total. The smallest absolute Gasteiger partial charge is 0.238 e. The molecule has 28 heavy (non-hydrogen) atoms. The first-order valence-electron chi connectivity index (χ1n) is 9.69. The molecule has 2 aromatic rings. The molecule has 1 heterocycles. The Morgan fingerprint density at radius 2 is 1.61 bits per heavy atom. The summed E-state index contributed by atoms with van der Waals surface area (Å²) in [4.78, 5) is 16.9. The lowest BCUT2D eigenvalue weighted by Gasteiger charge is -2.34. The lowest BCUT2D eigenvalue weighted by molar-refractivity contribution is -0.117. The number of nitrogens with one attached hydrogen (secondary N) is 1. The van der Waals surface area contributed by atoms with Crippen molar-refractivity contribution in [2.24, 2.45) is 0 Å². The zero-order valence-electron chi connectivity index (χ0n) is 16.4. The van der Waals surface area contributed by atoms with Gasteiger partial charge in [0.05, 0.1) is 16.6 Å². The van der Waals surface area contributed by atoms with Crippen molar-refractivity contribution in [1.82, 2.24) is 9.80 Å². The van der Waals surface area contributed by atoms with E-state index < -0.39 is 0 Å². The maximum atomic E-state index is 12.3. The minimum absolute atomic E-state index is 0.0373. The molecule has 1 fully saturated rings. The van der Waals surface area contributed by atoms with Crippen molar-refractivity contribution in [2.45, 2.75) is 26.3 Å². The Kier molecular flexibility index (Phi) is 7.36. The lowest BCUT2D eigenvalue weighted by atomic mass is 10.0. The quantitative estimate of drug-likeness (QED) is 0.724. The van der Waals surface area contributed by atoms with E-state index in [9.17, 15) is 4.79 Å². The monoisotopic (exact) mass is 419 g/mol. The highest BCUT2D eigenvalue weighted by atomic mass is 35.5. The average Bonchev–Trinajstić information content (AvgIpc) is 2.67. The van der Waals surface area contributed by atoms with Gasteiger partial charge in [-0.25, -0.2) is 0 Å². The number of amides is 1. The highest BCUT2D eigenvalue weighted by Gasteiger charge is 2.19. The van der Waals surface area contributed by atoms with Crippen molar-refractivity contribution in [2.75, 3.05) is 38.0 Å². The van der Waals surface area contributed by atoms with E-state index in [1.165, 1.54) is 5.56 Å². The predicted molar refractivity (Wildman–Crippen MR) is 117 cm³/mol. The molecule has 0 bridgehead atoms. The van der Waals surface area contributed by atoms with Crippen LogP contribution in [0.2, 0.25) is 10.0 Å². The van der Waals surface area contributed by atoms with Gasteiger partial charge in [-0.15, -0.1) is 0 Å². The van der Waals surface area contributed by atoms with Crippen molar-refractivity contribution < 1.29 is 4.79 Å². The van der Waals surface area contributed by atoms with Crippen LogP contribution in [-0.4, -0.2) is 48.4 Å². The van der Waals surface area contributed by atoms with Crippen LogP contribution in [-0.2, 0) is 11.3 Å². The summed E-state index contributed by atoms with van der Waals surface area (Å²) in [5, 5.41) is 4.17. The summed E-state index contributed by atoms with van der Waals surface area (Å²) in [6.45, 7) is 9.20. The second-order valence-electron chi connectivity index (χ2n) is 7.63. The molecule has 3 rings (SSSR count). The first kappa shape index (κ1) is 21.1. The normalized spacial score (nSPS) is 15.8. The minimum atomic E-state index is 0.0373. The largest absolute Gasteiger partial charge is 0.325 e. The first-order chi connectivity index (χ1) is 13.4. The van der Waals surface area contributed by atoms with Gasteiger partial charge in [0.2, 0.25) is 5.91 Å². The van der Waals surface area contributed by atoms with Crippen LogP contribution in [0.3, 0.4) is 0 Å². The number of rotatable bonds is 6. The molecule has 1 aliphatic rings. The van der Waals surface area contributed by atoms with E-state index >= 15 is 0 Å². The molecule has 1 amide bonds. The molecule has 0 aromatic heterocycles. The van der Waals surface area contributed by atoms with Crippen molar-refractivity contribution in [3.8, 4) is 0 Å². The van der Waals surface area contributed by atoms with Crippen molar-refractivity contribution in [3.63, 3.8) is 0 Å². The van der Waals surface area contributed by atoms with Gasteiger partial charge < -0.3 is 5.32 Å². The van der Waals surface area contributed by atoms with E-state index in [2.05, 4.69) is 41.1 Å². The third kappa shape index (κ3) is 5.95. The number of hydrogen-bond acceptors (Lipinski definition) is 3. The van der Waals surface area contributed by atoms with E-state index in [4.69, 9.17) is 23.2 Å². The number of nitrogens with zero attached hydrogens (tertiary/aromatic N) is 2. The first-order valence-corrected chi connectivity index (χ1v) is 10.4. The summed E-state index contributed by atoms with van der Waals surface area (Å²) in [6.07, 6.45) is 0. The number of piperazine rings is 1. The van der Waals surface area contributed by atoms with Crippen LogP contribution >= 0.6 is 23.2 Å². The minimum Gasteiger partial charge on any atom is -0.325 e. The third-order valence-electron chi connectivity index (χ3n) is 5.08. The molecule has 0 spiro atoms. The molecule has 2 aromatic carbocycles. The van der Waals surface area contributed by atoms with E-state index in [0.717, 1.165) is 44.0 Å². The lowest BCUT2D eigenvalue weighted by Crippen LogP contribution is -2.48. The summed E-state index contributed by atoms with van der Waals surface area (Å²) in [6, 6.07) is 13.9. The van der Waals surface area contributed by atoms with Crippen LogP contribution in [0, 0.1) is 0 Å². The van der Waals surface area contributed by atoms with Crippen LogP contribution in [0.25, 0.3) is 0 Å². The predicted octanol–water partition coefficient (Wildman–Crippen LogP) is 4.87. The number of carbonyl (C=O) groups excluding carboxylic acids is 1. The standard InChI is InChI=1S/C22H27Cl2N3O/c1-16(2)18-4-6-19(7-5-18)25-22(28)15-27-11-9-26(10-12-27)14-17-3-8-20(23)21(24)13-17/h3-8,13,16H,9-12,14-15H2,1-2H3,(H,25,28). The molecule has 0 radical (unpaired) electrons.